The summed E-state index contributed by atoms with van der Waals surface area (Å²) in [7, 11) is -3.43. The van der Waals surface area contributed by atoms with E-state index in [-0.39, 0.29) is 11.7 Å². The Bertz CT molecular complexity index is 333. The molecule has 1 fully saturated rings. The van der Waals surface area contributed by atoms with Gasteiger partial charge in [0.1, 0.15) is 5.54 Å². The van der Waals surface area contributed by atoms with Crippen LogP contribution in [0.25, 0.3) is 0 Å². The molecule has 0 heterocycles. The first-order chi connectivity index (χ1) is 6.32. The average Bonchev–Trinajstić information content (AvgIpc) is 2.85. The highest BCUT2D eigenvalue weighted by Gasteiger charge is 2.42. The molecular formula is C8H15NO4S. The van der Waals surface area contributed by atoms with Crippen LogP contribution in [0.4, 0.5) is 0 Å². The molecule has 1 aliphatic carbocycles. The molecule has 0 spiro atoms. The maximum absolute atomic E-state index is 11.5. The lowest BCUT2D eigenvalue weighted by Crippen LogP contribution is -2.52. The molecule has 0 bridgehead atoms. The van der Waals surface area contributed by atoms with Crippen molar-refractivity contribution >= 4 is 16.0 Å². The monoisotopic (exact) mass is 221 g/mol. The van der Waals surface area contributed by atoms with Crippen molar-refractivity contribution in [2.45, 2.75) is 43.9 Å². The van der Waals surface area contributed by atoms with Crippen molar-refractivity contribution in [2.24, 2.45) is 0 Å². The third-order valence-electron chi connectivity index (χ3n) is 2.51. The second kappa shape index (κ2) is 3.51. The van der Waals surface area contributed by atoms with E-state index in [0.29, 0.717) is 12.8 Å². The number of carbonyl (C=O) groups is 1. The molecule has 82 valence electrons. The van der Waals surface area contributed by atoms with E-state index in [1.165, 1.54) is 6.92 Å². The van der Waals surface area contributed by atoms with Crippen molar-refractivity contribution in [3.8, 4) is 0 Å². The highest BCUT2D eigenvalue weighted by Crippen LogP contribution is 2.29. The van der Waals surface area contributed by atoms with E-state index in [1.54, 1.807) is 6.92 Å². The molecule has 2 N–H and O–H groups in total. The Morgan fingerprint density at radius 3 is 2.36 bits per heavy atom. The van der Waals surface area contributed by atoms with Crippen LogP contribution in [0.3, 0.4) is 0 Å². The number of hydrogen-bond acceptors (Lipinski definition) is 3. The number of nitrogens with one attached hydrogen (secondary N) is 1. The zero-order valence-electron chi connectivity index (χ0n) is 8.28. The molecule has 0 aromatic rings. The lowest BCUT2D eigenvalue weighted by molar-refractivity contribution is -0.143. The van der Waals surface area contributed by atoms with Crippen molar-refractivity contribution in [2.75, 3.05) is 0 Å². The van der Waals surface area contributed by atoms with Gasteiger partial charge in [-0.2, -0.15) is 4.72 Å². The van der Waals surface area contributed by atoms with E-state index in [4.69, 9.17) is 5.11 Å². The molecule has 14 heavy (non-hydrogen) atoms. The Morgan fingerprint density at radius 2 is 2.07 bits per heavy atom. The van der Waals surface area contributed by atoms with Gasteiger partial charge in [0.2, 0.25) is 10.0 Å². The van der Waals surface area contributed by atoms with Crippen LogP contribution in [-0.4, -0.2) is 30.3 Å². The first-order valence-corrected chi connectivity index (χ1v) is 6.12. The van der Waals surface area contributed by atoms with Gasteiger partial charge in [-0.05, 0) is 26.2 Å². The van der Waals surface area contributed by atoms with E-state index in [9.17, 15) is 13.2 Å². The van der Waals surface area contributed by atoms with Gasteiger partial charge in [0.05, 0.1) is 5.25 Å². The van der Waals surface area contributed by atoms with Gasteiger partial charge in [0, 0.05) is 0 Å². The van der Waals surface area contributed by atoms with Crippen LogP contribution < -0.4 is 4.72 Å². The van der Waals surface area contributed by atoms with Crippen LogP contribution in [0.1, 0.15) is 33.1 Å². The second-order valence-corrected chi connectivity index (χ2v) is 5.80. The maximum Gasteiger partial charge on any atom is 0.324 e. The summed E-state index contributed by atoms with van der Waals surface area (Å²) in [5.41, 5.74) is -1.37. The Labute approximate surface area is 83.6 Å². The predicted molar refractivity (Wildman–Crippen MR) is 51.4 cm³/mol. The first kappa shape index (κ1) is 11.5. The molecule has 0 saturated heterocycles. The minimum absolute atomic E-state index is 0.230. The van der Waals surface area contributed by atoms with Crippen LogP contribution in [0.15, 0.2) is 0 Å². The topological polar surface area (TPSA) is 83.5 Å². The minimum Gasteiger partial charge on any atom is -0.480 e. The van der Waals surface area contributed by atoms with E-state index >= 15 is 0 Å². The molecule has 0 aromatic heterocycles. The summed E-state index contributed by atoms with van der Waals surface area (Å²) in [6.45, 7) is 3.03. The van der Waals surface area contributed by atoms with Crippen LogP contribution in [0.2, 0.25) is 0 Å². The normalized spacial score (nSPS) is 21.6. The number of hydrogen-bond donors (Lipinski definition) is 2. The molecule has 1 aliphatic rings. The summed E-state index contributed by atoms with van der Waals surface area (Å²) in [5.74, 6) is -1.13. The fourth-order valence-corrected chi connectivity index (χ4v) is 2.83. The van der Waals surface area contributed by atoms with E-state index < -0.39 is 21.5 Å². The molecule has 1 rings (SSSR count). The average molecular weight is 221 g/mol. The Hall–Kier alpha value is -0.620. The quantitative estimate of drug-likeness (QED) is 0.700. The maximum atomic E-state index is 11.5. The zero-order chi connectivity index (χ0) is 11.0. The summed E-state index contributed by atoms with van der Waals surface area (Å²) in [6, 6.07) is 0. The largest absolute Gasteiger partial charge is 0.480 e. The number of carboxylic acids is 1. The third kappa shape index (κ3) is 2.24. The summed E-state index contributed by atoms with van der Waals surface area (Å²) in [5, 5.41) is 8.49. The molecule has 0 radical (unpaired) electrons. The van der Waals surface area contributed by atoms with Crippen LogP contribution in [0, 0.1) is 0 Å². The van der Waals surface area contributed by atoms with Crippen LogP contribution in [-0.2, 0) is 14.8 Å². The molecule has 0 aliphatic heterocycles. The van der Waals surface area contributed by atoms with Crippen molar-refractivity contribution in [3.63, 3.8) is 0 Å². The molecule has 0 aromatic carbocycles. The van der Waals surface area contributed by atoms with Gasteiger partial charge in [-0.25, -0.2) is 8.42 Å². The van der Waals surface area contributed by atoms with Gasteiger partial charge in [0.15, 0.2) is 0 Å². The molecule has 1 saturated carbocycles. The standard InChI is InChI=1S/C8H15NO4S/c1-3-8(2,7(10)11)9-14(12,13)6-4-5-6/h6,9H,3-5H2,1-2H3,(H,10,11). The summed E-state index contributed by atoms with van der Waals surface area (Å²) < 4.78 is 25.2. The second-order valence-electron chi connectivity index (χ2n) is 3.84. The van der Waals surface area contributed by atoms with Crippen molar-refractivity contribution in [1.82, 2.24) is 4.72 Å². The smallest absolute Gasteiger partial charge is 0.324 e. The van der Waals surface area contributed by atoms with Gasteiger partial charge < -0.3 is 5.11 Å². The summed E-state index contributed by atoms with van der Waals surface area (Å²) >= 11 is 0. The Morgan fingerprint density at radius 1 is 1.57 bits per heavy atom. The summed E-state index contributed by atoms with van der Waals surface area (Å²) in [6.07, 6.45) is 1.50. The Kier molecular flexibility index (Phi) is 2.87. The number of sulfonamides is 1. The van der Waals surface area contributed by atoms with Gasteiger partial charge in [-0.1, -0.05) is 6.92 Å². The molecular weight excluding hydrogens is 206 g/mol. The van der Waals surface area contributed by atoms with Gasteiger partial charge in [-0.15, -0.1) is 0 Å². The predicted octanol–water partition coefficient (Wildman–Crippen LogP) is 0.321. The lowest BCUT2D eigenvalue weighted by atomic mass is 10.0. The number of carboxylic acid groups (broad SMARTS) is 1. The van der Waals surface area contributed by atoms with Crippen LogP contribution >= 0.6 is 0 Å². The lowest BCUT2D eigenvalue weighted by Gasteiger charge is -2.24. The van der Waals surface area contributed by atoms with E-state index in [0.717, 1.165) is 0 Å². The van der Waals surface area contributed by atoms with E-state index in [1.807, 2.05) is 0 Å². The van der Waals surface area contributed by atoms with Crippen LogP contribution in [0.5, 0.6) is 0 Å². The third-order valence-corrected chi connectivity index (χ3v) is 4.59. The summed E-state index contributed by atoms with van der Waals surface area (Å²) in [4.78, 5) is 10.8. The SMILES string of the molecule is CCC(C)(NS(=O)(=O)C1CC1)C(=O)O. The Balaban J connectivity index is 2.79. The number of rotatable bonds is 5. The first-order valence-electron chi connectivity index (χ1n) is 4.58. The van der Waals surface area contributed by atoms with Crippen molar-refractivity contribution in [3.05, 3.63) is 0 Å². The van der Waals surface area contributed by atoms with Crippen molar-refractivity contribution in [1.29, 1.82) is 0 Å². The molecule has 5 nitrogen and oxygen atoms in total. The van der Waals surface area contributed by atoms with Crippen molar-refractivity contribution < 1.29 is 18.3 Å². The highest BCUT2D eigenvalue weighted by molar-refractivity contribution is 7.90. The van der Waals surface area contributed by atoms with Gasteiger partial charge in [0.25, 0.3) is 0 Å². The highest BCUT2D eigenvalue weighted by atomic mass is 32.2. The molecule has 0 amide bonds. The van der Waals surface area contributed by atoms with E-state index in [2.05, 4.69) is 4.72 Å². The minimum atomic E-state index is -3.43. The van der Waals surface area contributed by atoms with Gasteiger partial charge in [-0.3, -0.25) is 4.79 Å². The zero-order valence-corrected chi connectivity index (χ0v) is 9.10. The molecule has 1 unspecified atom stereocenters. The fraction of sp³-hybridized carbons (Fsp3) is 0.875. The van der Waals surface area contributed by atoms with Gasteiger partial charge >= 0.3 is 5.97 Å². The molecule has 6 heteroatoms. The fourth-order valence-electron chi connectivity index (χ4n) is 1.04. The molecule has 1 atom stereocenters. The number of aliphatic carboxylic acids is 1.